The summed E-state index contributed by atoms with van der Waals surface area (Å²) in [5.74, 6) is -2.26. The van der Waals surface area contributed by atoms with Gasteiger partial charge in [-0.2, -0.15) is 0 Å². The van der Waals surface area contributed by atoms with Gasteiger partial charge in [0, 0.05) is 6.08 Å². The Bertz CT molecular complexity index is 1090. The van der Waals surface area contributed by atoms with Crippen LogP contribution in [0.1, 0.15) is 27.7 Å². The summed E-state index contributed by atoms with van der Waals surface area (Å²) < 4.78 is 28.7. The molecule has 3 atom stereocenters. The van der Waals surface area contributed by atoms with E-state index in [0.717, 1.165) is 11.0 Å². The summed E-state index contributed by atoms with van der Waals surface area (Å²) in [5.41, 5.74) is -0.767. The standard InChI is InChI=1S/C24H28N2O8S/c1-5-32-18(28)12-11-15-14-35(31)22-19(25-17(27)13-33-16-9-7-6-8-10-16)21(29)26(22)20(15)23(30)34-24(2,3)4/h6-12,19,22H,5,13-14H2,1-4H3,(H,25,27)/t19?,22-,35?/m0/s1. The van der Waals surface area contributed by atoms with Gasteiger partial charge in [0.1, 0.15) is 28.5 Å². The third-order valence-corrected chi connectivity index (χ3v) is 6.50. The molecule has 1 fully saturated rings. The van der Waals surface area contributed by atoms with Crippen molar-refractivity contribution >= 4 is 34.6 Å². The molecule has 3 rings (SSSR count). The van der Waals surface area contributed by atoms with Gasteiger partial charge >= 0.3 is 11.9 Å². The van der Waals surface area contributed by atoms with Crippen molar-refractivity contribution in [2.24, 2.45) is 0 Å². The highest BCUT2D eigenvalue weighted by Gasteiger charge is 2.57. The summed E-state index contributed by atoms with van der Waals surface area (Å²) in [4.78, 5) is 51.2. The second-order valence-corrected chi connectivity index (χ2v) is 10.3. The summed E-state index contributed by atoms with van der Waals surface area (Å²) in [6.45, 7) is 6.49. The lowest BCUT2D eigenvalue weighted by atomic mass is 10.0. The Hall–Kier alpha value is -3.47. The normalized spacial score (nSPS) is 21.8. The van der Waals surface area contributed by atoms with E-state index in [4.69, 9.17) is 14.2 Å². The van der Waals surface area contributed by atoms with Crippen LogP contribution >= 0.6 is 0 Å². The Kier molecular flexibility index (Phi) is 8.11. The van der Waals surface area contributed by atoms with Crippen molar-refractivity contribution in [2.45, 2.75) is 44.7 Å². The van der Waals surface area contributed by atoms with Crippen LogP contribution in [-0.4, -0.2) is 68.8 Å². The largest absolute Gasteiger partial charge is 0.484 e. The van der Waals surface area contributed by atoms with Gasteiger partial charge in [-0.1, -0.05) is 18.2 Å². The zero-order chi connectivity index (χ0) is 25.8. The fourth-order valence-corrected chi connectivity index (χ4v) is 5.13. The van der Waals surface area contributed by atoms with Crippen LogP contribution in [0, 0.1) is 0 Å². The molecule has 1 aromatic rings. The van der Waals surface area contributed by atoms with Crippen LogP contribution in [-0.2, 0) is 39.5 Å². The van der Waals surface area contributed by atoms with Crippen molar-refractivity contribution < 1.29 is 37.6 Å². The number of β-lactam (4-membered cyclic amide) rings is 1. The van der Waals surface area contributed by atoms with Gasteiger partial charge < -0.3 is 19.5 Å². The van der Waals surface area contributed by atoms with Gasteiger partial charge in [-0.15, -0.1) is 0 Å². The molecule has 1 saturated heterocycles. The number of rotatable bonds is 8. The van der Waals surface area contributed by atoms with Crippen LogP contribution in [0.15, 0.2) is 53.8 Å². The Balaban J connectivity index is 1.80. The first-order chi connectivity index (χ1) is 16.5. The smallest absolute Gasteiger partial charge is 0.355 e. The number of amides is 2. The lowest BCUT2D eigenvalue weighted by Gasteiger charge is -2.49. The number of hydrogen-bond donors (Lipinski definition) is 1. The molecule has 0 aromatic heterocycles. The predicted octanol–water partition coefficient (Wildman–Crippen LogP) is 1.20. The van der Waals surface area contributed by atoms with Crippen LogP contribution in [0.5, 0.6) is 5.75 Å². The highest BCUT2D eigenvalue weighted by atomic mass is 32.2. The molecule has 2 amide bonds. The van der Waals surface area contributed by atoms with Crippen LogP contribution in [0.3, 0.4) is 0 Å². The third-order valence-electron chi connectivity index (χ3n) is 4.88. The minimum atomic E-state index is -1.66. The molecule has 0 spiro atoms. The van der Waals surface area contributed by atoms with Crippen molar-refractivity contribution in [1.29, 1.82) is 0 Å². The van der Waals surface area contributed by atoms with E-state index in [2.05, 4.69) is 5.32 Å². The molecule has 2 aliphatic heterocycles. The fourth-order valence-electron chi connectivity index (χ4n) is 3.49. The van der Waals surface area contributed by atoms with Gasteiger partial charge in [-0.3, -0.25) is 18.7 Å². The maximum atomic E-state index is 13.0. The number of para-hydroxylation sites is 1. The van der Waals surface area contributed by atoms with Crippen molar-refractivity contribution in [1.82, 2.24) is 10.2 Å². The van der Waals surface area contributed by atoms with E-state index in [0.29, 0.717) is 5.75 Å². The van der Waals surface area contributed by atoms with Crippen molar-refractivity contribution in [3.8, 4) is 5.75 Å². The van der Waals surface area contributed by atoms with E-state index in [1.165, 1.54) is 6.08 Å². The highest BCUT2D eigenvalue weighted by molar-refractivity contribution is 7.86. The van der Waals surface area contributed by atoms with Crippen molar-refractivity contribution in [3.63, 3.8) is 0 Å². The van der Waals surface area contributed by atoms with Crippen LogP contribution in [0.25, 0.3) is 0 Å². The number of ether oxygens (including phenoxy) is 3. The van der Waals surface area contributed by atoms with Gasteiger partial charge in [0.05, 0.1) is 23.2 Å². The quantitative estimate of drug-likeness (QED) is 0.318. The number of carbonyl (C=O) groups is 4. The monoisotopic (exact) mass is 504 g/mol. The number of carbonyl (C=O) groups excluding carboxylic acids is 4. The minimum Gasteiger partial charge on any atom is -0.484 e. The molecule has 35 heavy (non-hydrogen) atoms. The molecule has 0 aliphatic carbocycles. The number of allylic oxidation sites excluding steroid dienone is 1. The Labute approximate surface area is 205 Å². The molecular weight excluding hydrogens is 476 g/mol. The lowest BCUT2D eigenvalue weighted by molar-refractivity contribution is -0.159. The summed E-state index contributed by atoms with van der Waals surface area (Å²) in [6.07, 6.45) is 2.41. The second-order valence-electron chi connectivity index (χ2n) is 8.73. The molecule has 1 N–H and O–H groups in total. The zero-order valence-electron chi connectivity index (χ0n) is 19.9. The summed E-state index contributed by atoms with van der Waals surface area (Å²) in [7, 11) is -1.66. The molecule has 188 valence electrons. The van der Waals surface area contributed by atoms with Crippen molar-refractivity contribution in [2.75, 3.05) is 19.0 Å². The SMILES string of the molecule is CCOC(=O)C=CC1=C(C(=O)OC(C)(C)C)N2C(=O)C(NC(=O)COc3ccccc3)[C@@H]2S(=O)C1. The average Bonchev–Trinajstić information content (AvgIpc) is 2.79. The van der Waals surface area contributed by atoms with Gasteiger partial charge in [-0.25, -0.2) is 9.59 Å². The first-order valence-corrected chi connectivity index (χ1v) is 12.4. The summed E-state index contributed by atoms with van der Waals surface area (Å²) in [6, 6.07) is 7.59. The zero-order valence-corrected chi connectivity index (χ0v) is 20.8. The summed E-state index contributed by atoms with van der Waals surface area (Å²) in [5, 5.41) is 1.59. The van der Waals surface area contributed by atoms with E-state index in [-0.39, 0.29) is 30.2 Å². The van der Waals surface area contributed by atoms with E-state index >= 15 is 0 Å². The molecule has 10 nitrogen and oxygen atoms in total. The molecule has 1 aromatic carbocycles. The lowest BCUT2D eigenvalue weighted by Crippen LogP contribution is -2.74. The van der Waals surface area contributed by atoms with Crippen LogP contribution in [0.4, 0.5) is 0 Å². The Morgan fingerprint density at radius 1 is 1.20 bits per heavy atom. The van der Waals surface area contributed by atoms with Crippen LogP contribution < -0.4 is 10.1 Å². The fraction of sp³-hybridized carbons (Fsp3) is 0.417. The van der Waals surface area contributed by atoms with E-state index < -0.39 is 51.6 Å². The minimum absolute atomic E-state index is 0.110. The number of esters is 2. The second kappa shape index (κ2) is 10.9. The number of fused-ring (bicyclic) bond motifs is 1. The number of hydrogen-bond acceptors (Lipinski definition) is 8. The highest BCUT2D eigenvalue weighted by Crippen LogP contribution is 2.36. The topological polar surface area (TPSA) is 128 Å². The number of nitrogens with zero attached hydrogens (tertiary/aromatic N) is 1. The van der Waals surface area contributed by atoms with Crippen molar-refractivity contribution in [3.05, 3.63) is 53.8 Å². The maximum absolute atomic E-state index is 13.0. The molecule has 0 saturated carbocycles. The van der Waals surface area contributed by atoms with Gasteiger partial charge in [0.15, 0.2) is 6.61 Å². The maximum Gasteiger partial charge on any atom is 0.355 e. The Morgan fingerprint density at radius 2 is 1.89 bits per heavy atom. The number of nitrogens with one attached hydrogen (secondary N) is 1. The third kappa shape index (κ3) is 6.36. The van der Waals surface area contributed by atoms with Crippen LogP contribution in [0.2, 0.25) is 0 Å². The van der Waals surface area contributed by atoms with E-state index in [1.807, 2.05) is 0 Å². The molecule has 0 bridgehead atoms. The van der Waals surface area contributed by atoms with E-state index in [9.17, 15) is 23.4 Å². The first-order valence-electron chi connectivity index (χ1n) is 11.0. The molecular formula is C24H28N2O8S. The first kappa shape index (κ1) is 26.1. The molecule has 2 heterocycles. The summed E-state index contributed by atoms with van der Waals surface area (Å²) >= 11 is 0. The predicted molar refractivity (Wildman–Crippen MR) is 126 cm³/mol. The van der Waals surface area contributed by atoms with E-state index in [1.54, 1.807) is 58.0 Å². The van der Waals surface area contributed by atoms with Gasteiger partial charge in [-0.05, 0) is 51.5 Å². The number of benzene rings is 1. The average molecular weight is 505 g/mol. The Morgan fingerprint density at radius 3 is 2.51 bits per heavy atom. The van der Waals surface area contributed by atoms with Gasteiger partial charge in [0.2, 0.25) is 0 Å². The molecule has 2 unspecified atom stereocenters. The molecule has 2 aliphatic rings. The molecule has 0 radical (unpaired) electrons. The molecule has 11 heteroatoms. The van der Waals surface area contributed by atoms with Gasteiger partial charge in [0.25, 0.3) is 11.8 Å².